The fourth-order valence-electron chi connectivity index (χ4n) is 2.68. The SMILES string of the molecule is CC(C)(C)OC(=O)N[C@]1(Cc2ccccc2)CN(CC(=O)O)C1=O. The Morgan fingerprint density at radius 2 is 1.92 bits per heavy atom. The highest BCUT2D eigenvalue weighted by molar-refractivity contribution is 5.97. The van der Waals surface area contributed by atoms with Crippen molar-refractivity contribution < 1.29 is 24.2 Å². The number of nitrogens with zero attached hydrogens (tertiary/aromatic N) is 1. The maximum absolute atomic E-state index is 12.5. The lowest BCUT2D eigenvalue weighted by molar-refractivity contribution is -0.159. The van der Waals surface area contributed by atoms with Crippen LogP contribution in [0, 0.1) is 0 Å². The zero-order valence-corrected chi connectivity index (χ0v) is 14.0. The van der Waals surface area contributed by atoms with Crippen molar-refractivity contribution in [3.05, 3.63) is 35.9 Å². The number of nitrogens with one attached hydrogen (secondary N) is 1. The molecule has 2 rings (SSSR count). The summed E-state index contributed by atoms with van der Waals surface area (Å²) in [6.07, 6.45) is -0.413. The fraction of sp³-hybridized carbons (Fsp3) is 0.471. The number of carboxylic acid groups (broad SMARTS) is 1. The number of ether oxygens (including phenoxy) is 1. The van der Waals surface area contributed by atoms with Gasteiger partial charge in [-0.05, 0) is 26.3 Å². The number of carbonyl (C=O) groups is 3. The van der Waals surface area contributed by atoms with Crippen LogP contribution in [0.1, 0.15) is 26.3 Å². The Morgan fingerprint density at radius 3 is 2.42 bits per heavy atom. The molecule has 0 aromatic heterocycles. The minimum Gasteiger partial charge on any atom is -0.480 e. The summed E-state index contributed by atoms with van der Waals surface area (Å²) < 4.78 is 5.23. The van der Waals surface area contributed by atoms with E-state index in [1.165, 1.54) is 4.90 Å². The zero-order valence-electron chi connectivity index (χ0n) is 14.0. The second-order valence-corrected chi connectivity index (χ2v) is 6.93. The van der Waals surface area contributed by atoms with Crippen LogP contribution in [0.2, 0.25) is 0 Å². The van der Waals surface area contributed by atoms with E-state index in [1.807, 2.05) is 30.3 Å². The van der Waals surface area contributed by atoms with E-state index in [2.05, 4.69) is 5.32 Å². The minimum atomic E-state index is -1.17. The molecule has 1 heterocycles. The fourth-order valence-corrected chi connectivity index (χ4v) is 2.68. The first kappa shape index (κ1) is 17.8. The van der Waals surface area contributed by atoms with Crippen LogP contribution >= 0.6 is 0 Å². The second kappa shape index (κ2) is 6.51. The highest BCUT2D eigenvalue weighted by Gasteiger charge is 2.54. The number of hydrogen-bond donors (Lipinski definition) is 2. The third kappa shape index (κ3) is 4.24. The quantitative estimate of drug-likeness (QED) is 0.794. The van der Waals surface area contributed by atoms with E-state index in [0.29, 0.717) is 0 Å². The van der Waals surface area contributed by atoms with Crippen LogP contribution in [0.15, 0.2) is 30.3 Å². The van der Waals surface area contributed by atoms with Gasteiger partial charge < -0.3 is 20.1 Å². The van der Waals surface area contributed by atoms with E-state index in [4.69, 9.17) is 9.84 Å². The van der Waals surface area contributed by atoms with Gasteiger partial charge in [0.1, 0.15) is 17.7 Å². The van der Waals surface area contributed by atoms with Gasteiger partial charge in [0.25, 0.3) is 5.91 Å². The summed E-state index contributed by atoms with van der Waals surface area (Å²) in [5, 5.41) is 11.5. The maximum atomic E-state index is 12.5. The molecule has 0 bridgehead atoms. The molecule has 2 N–H and O–H groups in total. The highest BCUT2D eigenvalue weighted by atomic mass is 16.6. The Balaban J connectivity index is 2.15. The summed E-state index contributed by atoms with van der Waals surface area (Å²) in [7, 11) is 0. The lowest BCUT2D eigenvalue weighted by atomic mass is 9.82. The van der Waals surface area contributed by atoms with Crippen molar-refractivity contribution in [1.82, 2.24) is 10.2 Å². The molecule has 1 atom stereocenters. The van der Waals surface area contributed by atoms with Crippen molar-refractivity contribution in [2.75, 3.05) is 13.1 Å². The molecule has 1 aromatic carbocycles. The first-order valence-electron chi connectivity index (χ1n) is 7.68. The van der Waals surface area contributed by atoms with Gasteiger partial charge in [-0.3, -0.25) is 9.59 Å². The third-order valence-corrected chi connectivity index (χ3v) is 3.57. The van der Waals surface area contributed by atoms with E-state index in [9.17, 15) is 14.4 Å². The van der Waals surface area contributed by atoms with Crippen LogP contribution in [0.3, 0.4) is 0 Å². The molecule has 1 aliphatic rings. The average Bonchev–Trinajstić information content (AvgIpc) is 2.45. The van der Waals surface area contributed by atoms with Crippen LogP contribution in [-0.4, -0.2) is 52.2 Å². The lowest BCUT2D eigenvalue weighted by Crippen LogP contribution is -2.75. The molecule has 7 heteroatoms. The topological polar surface area (TPSA) is 95.9 Å². The molecule has 24 heavy (non-hydrogen) atoms. The number of likely N-dealkylation sites (tertiary alicyclic amines) is 1. The monoisotopic (exact) mass is 334 g/mol. The molecule has 1 saturated heterocycles. The summed E-state index contributed by atoms with van der Waals surface area (Å²) in [5.41, 5.74) is -0.984. The lowest BCUT2D eigenvalue weighted by Gasteiger charge is -2.48. The second-order valence-electron chi connectivity index (χ2n) is 6.93. The standard InChI is InChI=1S/C17H22N2O5/c1-16(2,3)24-15(23)18-17(9-12-7-5-4-6-8-12)11-19(14(17)22)10-13(20)21/h4-8H,9-11H2,1-3H3,(H,18,23)(H,20,21)/t17-/m1/s1. The zero-order chi connectivity index (χ0) is 18.0. The van der Waals surface area contributed by atoms with Crippen molar-refractivity contribution >= 4 is 18.0 Å². The molecule has 1 aliphatic heterocycles. The van der Waals surface area contributed by atoms with E-state index >= 15 is 0 Å². The molecule has 0 radical (unpaired) electrons. The number of carbonyl (C=O) groups excluding carboxylic acids is 2. The van der Waals surface area contributed by atoms with Crippen LogP contribution in [0.4, 0.5) is 4.79 Å². The van der Waals surface area contributed by atoms with Crippen LogP contribution in [-0.2, 0) is 20.7 Å². The van der Waals surface area contributed by atoms with Gasteiger partial charge in [0.2, 0.25) is 0 Å². The summed E-state index contributed by atoms with van der Waals surface area (Å²) in [6, 6.07) is 9.25. The number of hydrogen-bond acceptors (Lipinski definition) is 4. The molecule has 0 aliphatic carbocycles. The van der Waals surface area contributed by atoms with E-state index in [1.54, 1.807) is 20.8 Å². The minimum absolute atomic E-state index is 0.131. The smallest absolute Gasteiger partial charge is 0.408 e. The molecule has 1 fully saturated rings. The Morgan fingerprint density at radius 1 is 1.29 bits per heavy atom. The summed E-state index contributed by atoms with van der Waals surface area (Å²) in [6.45, 7) is 4.94. The number of rotatable bonds is 5. The molecule has 130 valence electrons. The Kier molecular flexibility index (Phi) is 4.82. The Hall–Kier alpha value is -2.57. The van der Waals surface area contributed by atoms with Gasteiger partial charge in [-0.1, -0.05) is 30.3 Å². The number of carboxylic acids is 1. The van der Waals surface area contributed by atoms with Crippen molar-refractivity contribution in [2.24, 2.45) is 0 Å². The Bertz CT molecular complexity index is 638. The number of alkyl carbamates (subject to hydrolysis) is 1. The van der Waals surface area contributed by atoms with Crippen LogP contribution in [0.25, 0.3) is 0 Å². The van der Waals surface area contributed by atoms with Gasteiger partial charge in [-0.15, -0.1) is 0 Å². The van der Waals surface area contributed by atoms with Gasteiger partial charge in [-0.2, -0.15) is 0 Å². The third-order valence-electron chi connectivity index (χ3n) is 3.57. The number of β-lactam (4-membered cyclic amide) rings is 1. The van der Waals surface area contributed by atoms with E-state index < -0.39 is 29.1 Å². The summed E-state index contributed by atoms with van der Waals surface area (Å²) >= 11 is 0. The van der Waals surface area contributed by atoms with Gasteiger partial charge in [0.05, 0.1) is 6.54 Å². The predicted molar refractivity (Wildman–Crippen MR) is 86.5 cm³/mol. The predicted octanol–water partition coefficient (Wildman–Crippen LogP) is 1.42. The van der Waals surface area contributed by atoms with Crippen molar-refractivity contribution in [3.63, 3.8) is 0 Å². The summed E-state index contributed by atoms with van der Waals surface area (Å²) in [5.74, 6) is -1.51. The van der Waals surface area contributed by atoms with Gasteiger partial charge in [0.15, 0.2) is 0 Å². The number of aliphatic carboxylic acids is 1. The van der Waals surface area contributed by atoms with Crippen molar-refractivity contribution in [3.8, 4) is 0 Å². The molecule has 7 nitrogen and oxygen atoms in total. The van der Waals surface area contributed by atoms with Gasteiger partial charge in [-0.25, -0.2) is 4.79 Å². The largest absolute Gasteiger partial charge is 0.480 e. The average molecular weight is 334 g/mol. The first-order valence-corrected chi connectivity index (χ1v) is 7.68. The summed E-state index contributed by atoms with van der Waals surface area (Å²) in [4.78, 5) is 36.6. The highest BCUT2D eigenvalue weighted by Crippen LogP contribution is 2.27. The normalized spacial score (nSPS) is 20.3. The molecular weight excluding hydrogens is 312 g/mol. The first-order chi connectivity index (χ1) is 11.1. The van der Waals surface area contributed by atoms with Gasteiger partial charge in [0, 0.05) is 6.42 Å². The van der Waals surface area contributed by atoms with Gasteiger partial charge >= 0.3 is 12.1 Å². The Labute approximate surface area is 140 Å². The number of amides is 2. The molecule has 0 unspecified atom stereocenters. The van der Waals surface area contributed by atoms with E-state index in [0.717, 1.165) is 5.56 Å². The molecular formula is C17H22N2O5. The van der Waals surface area contributed by atoms with Crippen LogP contribution in [0.5, 0.6) is 0 Å². The van der Waals surface area contributed by atoms with E-state index in [-0.39, 0.29) is 19.5 Å². The molecule has 1 aromatic rings. The molecule has 0 saturated carbocycles. The maximum Gasteiger partial charge on any atom is 0.408 e. The van der Waals surface area contributed by atoms with Crippen LogP contribution < -0.4 is 5.32 Å². The van der Waals surface area contributed by atoms with Crippen molar-refractivity contribution in [2.45, 2.75) is 38.3 Å². The number of benzene rings is 1. The van der Waals surface area contributed by atoms with Crippen molar-refractivity contribution in [1.29, 1.82) is 0 Å². The molecule has 0 spiro atoms. The molecule has 2 amide bonds.